The quantitative estimate of drug-likeness (QED) is 0.176. The Morgan fingerprint density at radius 2 is 1.73 bits per heavy atom. The number of carboxylic acid groups (broad SMARTS) is 1. The summed E-state index contributed by atoms with van der Waals surface area (Å²) in [5, 5.41) is 23.7. The smallest absolute Gasteiger partial charge is 0.335 e. The van der Waals surface area contributed by atoms with Crippen molar-refractivity contribution in [2.24, 2.45) is 0 Å². The van der Waals surface area contributed by atoms with Gasteiger partial charge in [0, 0.05) is 29.7 Å². The summed E-state index contributed by atoms with van der Waals surface area (Å²) in [6.07, 6.45) is 4.52. The number of aromatic amines is 1. The highest BCUT2D eigenvalue weighted by Gasteiger charge is 2.16. The molecule has 0 unspecified atom stereocenters. The number of nitrogens with zero attached hydrogens (tertiary/aromatic N) is 5. The van der Waals surface area contributed by atoms with Crippen molar-refractivity contribution < 1.29 is 14.6 Å². The molecule has 0 bridgehead atoms. The summed E-state index contributed by atoms with van der Waals surface area (Å²) < 4.78 is 6.33. The number of benzene rings is 3. The molecule has 0 aliphatic heterocycles. The number of aryl methyl sites for hydroxylation is 2. The topological polar surface area (TPSA) is 127 Å². The van der Waals surface area contributed by atoms with Crippen LogP contribution in [0, 0.1) is 6.92 Å². The molecule has 0 fully saturated rings. The summed E-state index contributed by atoms with van der Waals surface area (Å²) in [6.45, 7) is 4.47. The zero-order valence-electron chi connectivity index (χ0n) is 23.2. The fourth-order valence-electron chi connectivity index (χ4n) is 4.76. The second-order valence-corrected chi connectivity index (χ2v) is 9.93. The number of H-pyrrole nitrogens is 1. The van der Waals surface area contributed by atoms with Crippen molar-refractivity contribution in [2.75, 3.05) is 0 Å². The summed E-state index contributed by atoms with van der Waals surface area (Å²) in [7, 11) is 0. The lowest BCUT2D eigenvalue weighted by molar-refractivity contribution is 0.0696. The Labute approximate surface area is 238 Å². The van der Waals surface area contributed by atoms with E-state index < -0.39 is 5.97 Å². The van der Waals surface area contributed by atoms with Gasteiger partial charge in [-0.2, -0.15) is 4.98 Å². The average Bonchev–Trinajstić information content (AvgIpc) is 3.53. The Morgan fingerprint density at radius 1 is 0.927 bits per heavy atom. The first-order valence-electron chi connectivity index (χ1n) is 13.8. The average molecular weight is 549 g/mol. The van der Waals surface area contributed by atoms with Crippen LogP contribution in [0.2, 0.25) is 0 Å². The molecule has 9 heteroatoms. The first kappa shape index (κ1) is 27.6. The number of nitrogens with one attached hydrogen (secondary N) is 1. The fourth-order valence-corrected chi connectivity index (χ4v) is 4.76. The lowest BCUT2D eigenvalue weighted by Crippen LogP contribution is -2.09. The number of tetrazole rings is 1. The fraction of sp³-hybridized carbons (Fsp3) is 0.250. The van der Waals surface area contributed by atoms with Crippen molar-refractivity contribution >= 4 is 5.97 Å². The van der Waals surface area contributed by atoms with Crippen molar-refractivity contribution in [3.8, 4) is 28.4 Å². The molecular formula is C32H32N6O3. The van der Waals surface area contributed by atoms with Gasteiger partial charge in [0.2, 0.25) is 5.88 Å². The number of ether oxygens (including phenoxy) is 1. The molecule has 2 aromatic heterocycles. The minimum absolute atomic E-state index is 0.251. The number of carboxylic acids is 1. The summed E-state index contributed by atoms with van der Waals surface area (Å²) >= 11 is 0. The van der Waals surface area contributed by atoms with Gasteiger partial charge in [-0.15, -0.1) is 5.10 Å². The first-order valence-corrected chi connectivity index (χ1v) is 13.8. The molecule has 0 saturated carbocycles. The molecule has 41 heavy (non-hydrogen) atoms. The highest BCUT2D eigenvalue weighted by atomic mass is 16.5. The maximum atomic E-state index is 11.5. The van der Waals surface area contributed by atoms with Crippen LogP contribution in [0.4, 0.5) is 0 Å². The molecule has 0 aliphatic carbocycles. The van der Waals surface area contributed by atoms with Gasteiger partial charge in [-0.3, -0.25) is 0 Å². The standard InChI is InChI=1S/C32H32N6O3/c1-3-4-5-13-29-33-21(2)28(19-23-9-8-10-25(18-23)32(39)40)31(34-29)41-20-22-14-16-24(17-15-22)26-11-6-7-12-27(26)30-35-37-38-36-30/h6-12,14-18H,3-5,13,19-20H2,1-2H3,(H,39,40)(H,35,36,37,38). The van der Waals surface area contributed by atoms with E-state index >= 15 is 0 Å². The summed E-state index contributed by atoms with van der Waals surface area (Å²) in [6, 6.07) is 23.1. The maximum absolute atomic E-state index is 11.5. The van der Waals surface area contributed by atoms with E-state index in [9.17, 15) is 9.90 Å². The van der Waals surface area contributed by atoms with Crippen LogP contribution in [0.1, 0.15) is 64.8 Å². The summed E-state index contributed by atoms with van der Waals surface area (Å²) in [5.74, 6) is 0.967. The van der Waals surface area contributed by atoms with Crippen LogP contribution in [0.25, 0.3) is 22.5 Å². The molecule has 2 heterocycles. The van der Waals surface area contributed by atoms with Crippen molar-refractivity contribution in [1.29, 1.82) is 0 Å². The molecule has 208 valence electrons. The minimum Gasteiger partial charge on any atom is -0.478 e. The Hall–Kier alpha value is -4.92. The molecule has 2 N–H and O–H groups in total. The highest BCUT2D eigenvalue weighted by Crippen LogP contribution is 2.30. The van der Waals surface area contributed by atoms with E-state index in [1.54, 1.807) is 18.2 Å². The number of aromatic carboxylic acids is 1. The number of unbranched alkanes of at least 4 members (excludes halogenated alkanes) is 2. The molecule has 0 aliphatic rings. The third kappa shape index (κ3) is 6.81. The molecule has 3 aromatic carbocycles. The number of carbonyl (C=O) groups is 1. The molecule has 0 radical (unpaired) electrons. The largest absolute Gasteiger partial charge is 0.478 e. The zero-order chi connectivity index (χ0) is 28.6. The van der Waals surface area contributed by atoms with Gasteiger partial charge in [0.25, 0.3) is 0 Å². The molecule has 0 saturated heterocycles. The van der Waals surface area contributed by atoms with Gasteiger partial charge < -0.3 is 9.84 Å². The van der Waals surface area contributed by atoms with Crippen LogP contribution < -0.4 is 4.74 Å². The maximum Gasteiger partial charge on any atom is 0.335 e. The van der Waals surface area contributed by atoms with Gasteiger partial charge in [-0.1, -0.05) is 80.4 Å². The Bertz CT molecular complexity index is 1620. The van der Waals surface area contributed by atoms with E-state index in [0.29, 0.717) is 24.7 Å². The monoisotopic (exact) mass is 548 g/mol. The van der Waals surface area contributed by atoms with Crippen LogP contribution >= 0.6 is 0 Å². The van der Waals surface area contributed by atoms with Gasteiger partial charge in [0.05, 0.1) is 5.56 Å². The normalized spacial score (nSPS) is 11.0. The SMILES string of the molecule is CCCCCc1nc(C)c(Cc2cccc(C(=O)O)c2)c(OCc2ccc(-c3ccccc3-c3nnn[nH]3)cc2)n1. The second kappa shape index (κ2) is 13.0. The third-order valence-electron chi connectivity index (χ3n) is 6.95. The van der Waals surface area contributed by atoms with Crippen LogP contribution in [0.15, 0.2) is 72.8 Å². The Kier molecular flexibility index (Phi) is 8.73. The van der Waals surface area contributed by atoms with Crippen molar-refractivity contribution in [2.45, 2.75) is 52.6 Å². The number of hydrogen-bond donors (Lipinski definition) is 2. The third-order valence-corrected chi connectivity index (χ3v) is 6.95. The molecular weight excluding hydrogens is 516 g/mol. The van der Waals surface area contributed by atoms with E-state index in [0.717, 1.165) is 70.6 Å². The summed E-state index contributed by atoms with van der Waals surface area (Å²) in [5.41, 5.74) is 6.80. The molecule has 9 nitrogen and oxygen atoms in total. The highest BCUT2D eigenvalue weighted by molar-refractivity contribution is 5.87. The molecule has 0 amide bonds. The van der Waals surface area contributed by atoms with Gasteiger partial charge in [-0.05, 0) is 58.2 Å². The zero-order valence-corrected chi connectivity index (χ0v) is 23.2. The van der Waals surface area contributed by atoms with Crippen LogP contribution in [-0.4, -0.2) is 41.7 Å². The first-order chi connectivity index (χ1) is 20.0. The summed E-state index contributed by atoms with van der Waals surface area (Å²) in [4.78, 5) is 21.1. The number of aromatic nitrogens is 6. The second-order valence-electron chi connectivity index (χ2n) is 9.93. The lowest BCUT2D eigenvalue weighted by Gasteiger charge is -2.15. The van der Waals surface area contributed by atoms with Crippen molar-refractivity contribution in [3.05, 3.63) is 107 Å². The van der Waals surface area contributed by atoms with Crippen LogP contribution in [-0.2, 0) is 19.4 Å². The molecule has 0 atom stereocenters. The molecule has 5 rings (SSSR count). The number of hydrogen-bond acceptors (Lipinski definition) is 7. The van der Waals surface area contributed by atoms with E-state index in [2.05, 4.69) is 39.7 Å². The predicted molar refractivity (Wildman–Crippen MR) is 156 cm³/mol. The predicted octanol–water partition coefficient (Wildman–Crippen LogP) is 6.23. The van der Waals surface area contributed by atoms with E-state index in [1.807, 2.05) is 49.4 Å². The van der Waals surface area contributed by atoms with Gasteiger partial charge in [0.1, 0.15) is 12.4 Å². The van der Waals surface area contributed by atoms with E-state index in [1.165, 1.54) is 0 Å². The Balaban J connectivity index is 1.38. The molecule has 0 spiro atoms. The van der Waals surface area contributed by atoms with Gasteiger partial charge in [0.15, 0.2) is 5.82 Å². The van der Waals surface area contributed by atoms with Crippen LogP contribution in [0.3, 0.4) is 0 Å². The van der Waals surface area contributed by atoms with E-state index in [-0.39, 0.29) is 5.56 Å². The minimum atomic E-state index is -0.953. The van der Waals surface area contributed by atoms with Crippen molar-refractivity contribution in [3.63, 3.8) is 0 Å². The van der Waals surface area contributed by atoms with Crippen molar-refractivity contribution in [1.82, 2.24) is 30.6 Å². The van der Waals surface area contributed by atoms with Crippen LogP contribution in [0.5, 0.6) is 5.88 Å². The lowest BCUT2D eigenvalue weighted by atomic mass is 9.98. The van der Waals surface area contributed by atoms with Gasteiger partial charge >= 0.3 is 5.97 Å². The Morgan fingerprint density at radius 3 is 2.46 bits per heavy atom. The number of rotatable bonds is 12. The van der Waals surface area contributed by atoms with E-state index in [4.69, 9.17) is 14.7 Å². The molecule has 5 aromatic rings. The van der Waals surface area contributed by atoms with Gasteiger partial charge in [-0.25, -0.2) is 14.9 Å².